The van der Waals surface area contributed by atoms with Crippen molar-refractivity contribution < 1.29 is 4.79 Å². The molecule has 1 fully saturated rings. The highest BCUT2D eigenvalue weighted by atomic mass is 32.2. The Kier molecular flexibility index (Phi) is 7.57. The predicted molar refractivity (Wildman–Crippen MR) is 91.4 cm³/mol. The summed E-state index contributed by atoms with van der Waals surface area (Å²) in [4.78, 5) is 11.7. The molecule has 118 valence electrons. The van der Waals surface area contributed by atoms with Gasteiger partial charge in [-0.1, -0.05) is 38.3 Å². The summed E-state index contributed by atoms with van der Waals surface area (Å²) in [7, 11) is 0. The van der Waals surface area contributed by atoms with Crippen LogP contribution in [0, 0.1) is 16.7 Å². The number of allylic oxidation sites excluding steroid dienone is 1. The quantitative estimate of drug-likeness (QED) is 0.348. The first-order valence-corrected chi connectivity index (χ1v) is 8.39. The van der Waals surface area contributed by atoms with Crippen molar-refractivity contribution >= 4 is 22.7 Å². The topological polar surface area (TPSA) is 65.0 Å². The Morgan fingerprint density at radius 2 is 2.24 bits per heavy atom. The van der Waals surface area contributed by atoms with Gasteiger partial charge >= 0.3 is 0 Å². The van der Waals surface area contributed by atoms with Crippen LogP contribution < -0.4 is 10.6 Å². The van der Waals surface area contributed by atoms with Gasteiger partial charge in [0.25, 0.3) is 5.91 Å². The minimum absolute atomic E-state index is 0.0658. The van der Waals surface area contributed by atoms with Crippen molar-refractivity contribution in [2.45, 2.75) is 39.5 Å². The number of hydrogen-bond donors (Lipinski definition) is 3. The van der Waals surface area contributed by atoms with Crippen LogP contribution in [-0.4, -0.2) is 24.0 Å². The second-order valence-corrected chi connectivity index (χ2v) is 6.96. The molecule has 1 amide bonds. The molecule has 5 heteroatoms. The SMILES string of the molecule is C=CNCCCC(C)/C=C/SC(=N)C(=O)NCC1(C)CC1. The van der Waals surface area contributed by atoms with E-state index in [9.17, 15) is 4.79 Å². The molecule has 0 radical (unpaired) electrons. The molecule has 1 saturated carbocycles. The predicted octanol–water partition coefficient (Wildman–Crippen LogP) is 3.28. The highest BCUT2D eigenvalue weighted by Crippen LogP contribution is 2.44. The molecule has 4 nitrogen and oxygen atoms in total. The van der Waals surface area contributed by atoms with Crippen LogP contribution in [0.2, 0.25) is 0 Å². The lowest BCUT2D eigenvalue weighted by Gasteiger charge is -2.09. The van der Waals surface area contributed by atoms with Gasteiger partial charge in [-0.25, -0.2) is 0 Å². The second kappa shape index (κ2) is 8.93. The lowest BCUT2D eigenvalue weighted by atomic mass is 10.1. The Hall–Kier alpha value is -1.23. The van der Waals surface area contributed by atoms with Gasteiger partial charge in [0.1, 0.15) is 0 Å². The summed E-state index contributed by atoms with van der Waals surface area (Å²) in [5.41, 5.74) is 0.282. The van der Waals surface area contributed by atoms with Crippen LogP contribution >= 0.6 is 11.8 Å². The molecule has 0 aliphatic heterocycles. The minimum atomic E-state index is -0.263. The number of amides is 1. The number of thioether (sulfide) groups is 1. The summed E-state index contributed by atoms with van der Waals surface area (Å²) in [6.07, 6.45) is 8.27. The summed E-state index contributed by atoms with van der Waals surface area (Å²) >= 11 is 1.19. The van der Waals surface area contributed by atoms with Crippen LogP contribution in [0.25, 0.3) is 0 Å². The van der Waals surface area contributed by atoms with Crippen LogP contribution in [0.15, 0.2) is 24.3 Å². The van der Waals surface area contributed by atoms with E-state index in [-0.39, 0.29) is 16.4 Å². The normalized spacial score (nSPS) is 17.2. The van der Waals surface area contributed by atoms with E-state index in [4.69, 9.17) is 5.41 Å². The first-order chi connectivity index (χ1) is 9.97. The Morgan fingerprint density at radius 1 is 1.52 bits per heavy atom. The second-order valence-electron chi connectivity index (χ2n) is 6.05. The van der Waals surface area contributed by atoms with E-state index in [0.29, 0.717) is 12.5 Å². The molecule has 1 unspecified atom stereocenters. The van der Waals surface area contributed by atoms with Crippen LogP contribution in [-0.2, 0) is 4.79 Å². The summed E-state index contributed by atoms with van der Waals surface area (Å²) in [6, 6.07) is 0. The molecule has 0 bridgehead atoms. The molecule has 21 heavy (non-hydrogen) atoms. The maximum absolute atomic E-state index is 11.7. The molecule has 0 aromatic carbocycles. The number of hydrogen-bond acceptors (Lipinski definition) is 4. The molecular formula is C16H27N3OS. The molecule has 0 heterocycles. The van der Waals surface area contributed by atoms with Gasteiger partial charge in [0.15, 0.2) is 5.04 Å². The molecule has 1 aliphatic rings. The zero-order chi connectivity index (χ0) is 15.7. The van der Waals surface area contributed by atoms with Crippen LogP contribution in [0.4, 0.5) is 0 Å². The van der Waals surface area contributed by atoms with Crippen LogP contribution in [0.3, 0.4) is 0 Å². The fourth-order valence-electron chi connectivity index (χ4n) is 1.78. The Balaban J connectivity index is 2.13. The van der Waals surface area contributed by atoms with Crippen molar-refractivity contribution in [3.8, 4) is 0 Å². The van der Waals surface area contributed by atoms with Gasteiger partial charge in [0.2, 0.25) is 0 Å². The van der Waals surface area contributed by atoms with Crippen molar-refractivity contribution in [1.82, 2.24) is 10.6 Å². The smallest absolute Gasteiger partial charge is 0.276 e. The standard InChI is InChI=1S/C16H27N3OS/c1-4-18-10-5-6-13(2)7-11-21-14(17)15(20)19-12-16(3)8-9-16/h4,7,11,13,17-18H,1,5-6,8-10,12H2,2-3H3,(H,19,20)/b11-7+,17-14?. The Labute approximate surface area is 132 Å². The van der Waals surface area contributed by atoms with Gasteiger partial charge in [0.05, 0.1) is 0 Å². The lowest BCUT2D eigenvalue weighted by Crippen LogP contribution is -2.32. The Bertz CT molecular complexity index is 402. The lowest BCUT2D eigenvalue weighted by molar-refractivity contribution is -0.114. The molecule has 0 saturated heterocycles. The summed E-state index contributed by atoms with van der Waals surface area (Å²) in [5, 5.41) is 15.6. The van der Waals surface area contributed by atoms with E-state index in [2.05, 4.69) is 37.1 Å². The fourth-order valence-corrected chi connectivity index (χ4v) is 2.45. The molecule has 0 spiro atoms. The Morgan fingerprint density at radius 3 is 2.86 bits per heavy atom. The maximum Gasteiger partial charge on any atom is 0.276 e. The fraction of sp³-hybridized carbons (Fsp3) is 0.625. The maximum atomic E-state index is 11.7. The number of carbonyl (C=O) groups is 1. The summed E-state index contributed by atoms with van der Waals surface area (Å²) in [6.45, 7) is 9.53. The zero-order valence-corrected chi connectivity index (χ0v) is 13.9. The van der Waals surface area contributed by atoms with E-state index in [1.807, 2.05) is 5.41 Å². The molecule has 1 atom stereocenters. The van der Waals surface area contributed by atoms with Gasteiger partial charge < -0.3 is 10.6 Å². The van der Waals surface area contributed by atoms with Crippen molar-refractivity contribution in [2.24, 2.45) is 11.3 Å². The molecule has 1 aliphatic carbocycles. The summed E-state index contributed by atoms with van der Waals surface area (Å²) < 4.78 is 0. The highest BCUT2D eigenvalue weighted by Gasteiger charge is 2.37. The van der Waals surface area contributed by atoms with Gasteiger partial charge in [-0.15, -0.1) is 0 Å². The minimum Gasteiger partial charge on any atom is -0.391 e. The van der Waals surface area contributed by atoms with Gasteiger partial charge in [-0.2, -0.15) is 0 Å². The van der Waals surface area contributed by atoms with Gasteiger partial charge in [-0.05, 0) is 48.6 Å². The van der Waals surface area contributed by atoms with Crippen molar-refractivity contribution in [3.63, 3.8) is 0 Å². The van der Waals surface area contributed by atoms with Crippen LogP contribution in [0.1, 0.15) is 39.5 Å². The first kappa shape index (κ1) is 17.8. The number of rotatable bonds is 9. The van der Waals surface area contributed by atoms with E-state index >= 15 is 0 Å². The average molecular weight is 309 g/mol. The van der Waals surface area contributed by atoms with Crippen LogP contribution in [0.5, 0.6) is 0 Å². The third-order valence-electron chi connectivity index (χ3n) is 3.70. The number of nitrogens with one attached hydrogen (secondary N) is 3. The molecule has 1 rings (SSSR count). The molecule has 0 aromatic rings. The summed E-state index contributed by atoms with van der Waals surface area (Å²) in [5.74, 6) is 0.186. The third kappa shape index (κ3) is 7.95. The van der Waals surface area contributed by atoms with E-state index in [1.54, 1.807) is 6.20 Å². The van der Waals surface area contributed by atoms with E-state index in [0.717, 1.165) is 19.4 Å². The van der Waals surface area contributed by atoms with Crippen molar-refractivity contribution in [1.29, 1.82) is 5.41 Å². The molecular weight excluding hydrogens is 282 g/mol. The van der Waals surface area contributed by atoms with Gasteiger partial charge in [0, 0.05) is 13.1 Å². The number of carbonyl (C=O) groups excluding carboxylic acids is 1. The zero-order valence-electron chi connectivity index (χ0n) is 13.1. The largest absolute Gasteiger partial charge is 0.391 e. The third-order valence-corrected chi connectivity index (χ3v) is 4.42. The van der Waals surface area contributed by atoms with E-state index < -0.39 is 0 Å². The van der Waals surface area contributed by atoms with Crippen molar-refractivity contribution in [3.05, 3.63) is 24.3 Å². The van der Waals surface area contributed by atoms with Gasteiger partial charge in [-0.3, -0.25) is 10.2 Å². The average Bonchev–Trinajstić information content (AvgIpc) is 3.19. The monoisotopic (exact) mass is 309 g/mol. The first-order valence-electron chi connectivity index (χ1n) is 7.51. The van der Waals surface area contributed by atoms with E-state index in [1.165, 1.54) is 24.6 Å². The highest BCUT2D eigenvalue weighted by molar-refractivity contribution is 8.18. The molecule has 0 aromatic heterocycles. The molecule has 3 N–H and O–H groups in total. The van der Waals surface area contributed by atoms with Crippen molar-refractivity contribution in [2.75, 3.05) is 13.1 Å².